The molecular weight excluding hydrogens is 832 g/mol. The molecule has 6 aromatic rings. The van der Waals surface area contributed by atoms with Crippen LogP contribution in [0.25, 0.3) is 11.1 Å². The molecule has 7 aliphatic rings. The van der Waals surface area contributed by atoms with Crippen molar-refractivity contribution in [3.05, 3.63) is 148 Å². The van der Waals surface area contributed by atoms with Gasteiger partial charge in [0.2, 0.25) is 0 Å². The summed E-state index contributed by atoms with van der Waals surface area (Å²) < 4.78 is 0. The van der Waals surface area contributed by atoms with Crippen LogP contribution < -0.4 is 26.2 Å². The number of hydrogen-bond acceptors (Lipinski definition) is 2. The summed E-state index contributed by atoms with van der Waals surface area (Å²) in [5, 5.41) is 0. The molecule has 4 fully saturated rings. The molecule has 0 atom stereocenters. The molecule has 0 radical (unpaired) electrons. The van der Waals surface area contributed by atoms with Gasteiger partial charge in [0.05, 0.1) is 5.69 Å². The maximum atomic E-state index is 2.79. The molecule has 0 saturated heterocycles. The Kier molecular flexibility index (Phi) is 9.67. The van der Waals surface area contributed by atoms with Gasteiger partial charge in [-0.3, -0.25) is 0 Å². The monoisotopic (exact) mass is 909 g/mol. The van der Waals surface area contributed by atoms with Crippen molar-refractivity contribution in [2.75, 3.05) is 9.80 Å². The first-order valence-corrected chi connectivity index (χ1v) is 26.8. The highest BCUT2D eigenvalue weighted by atomic mass is 15.2. The van der Waals surface area contributed by atoms with Gasteiger partial charge in [0.1, 0.15) is 0 Å². The summed E-state index contributed by atoms with van der Waals surface area (Å²) in [5.74, 6) is 2.54. The van der Waals surface area contributed by atoms with Gasteiger partial charge in [-0.2, -0.15) is 0 Å². The lowest BCUT2D eigenvalue weighted by atomic mass is 9.33. The average Bonchev–Trinajstić information content (AvgIpc) is 3.46. The standard InChI is InChI=1S/C66H77BN2/c1-40-15-25-56-54(27-40)67-53-24-19-47(63(8,9)10)33-57(53)69(55-26-20-46(62(5,6)7)32-50(55)44-16-23-51-52(31-44)65(13,14)39-64(51,11)12)59-35-48(66-36-41-28-42(37-66)30-43(29-41)38-66)34-58(60(59)67)68(56)49-21-17-45(18-22-49)61(2,3)4/h15-27,31-35,41-43H,28-30,36-39H2,1-14H3. The van der Waals surface area contributed by atoms with Crippen molar-refractivity contribution in [1.29, 1.82) is 0 Å². The van der Waals surface area contributed by atoms with Crippen LogP contribution in [0.1, 0.15) is 174 Å². The first kappa shape index (κ1) is 45.1. The lowest BCUT2D eigenvalue weighted by Crippen LogP contribution is -2.61. The largest absolute Gasteiger partial charge is 0.311 e. The highest BCUT2D eigenvalue weighted by molar-refractivity contribution is 7.00. The van der Waals surface area contributed by atoms with Gasteiger partial charge in [-0.1, -0.05) is 156 Å². The Hall–Kier alpha value is -5.02. The fraction of sp³-hybridized carbons (Fsp3) is 0.455. The number of benzene rings is 6. The minimum Gasteiger partial charge on any atom is -0.311 e. The predicted octanol–water partition coefficient (Wildman–Crippen LogP) is 16.1. The summed E-state index contributed by atoms with van der Waals surface area (Å²) in [6, 6.07) is 45.1. The first-order valence-electron chi connectivity index (χ1n) is 26.8. The smallest absolute Gasteiger partial charge is 0.252 e. The maximum absolute atomic E-state index is 2.79. The molecule has 69 heavy (non-hydrogen) atoms. The van der Waals surface area contributed by atoms with Gasteiger partial charge in [-0.25, -0.2) is 0 Å². The molecule has 13 rings (SSSR count). The molecule has 6 aromatic carbocycles. The molecule has 2 aliphatic heterocycles. The van der Waals surface area contributed by atoms with Gasteiger partial charge >= 0.3 is 0 Å². The molecule has 2 nitrogen and oxygen atoms in total. The molecule has 2 heterocycles. The van der Waals surface area contributed by atoms with Gasteiger partial charge in [0.25, 0.3) is 6.71 Å². The SMILES string of the molecule is Cc1ccc2c(c1)B1c3ccc(C(C)(C)C)cc3N(c3ccc(C(C)(C)C)cc3-c3ccc4c(c3)C(C)(C)CC4(C)C)c3cc(C45CC6CC(CC(C6)C4)C5)cc(c31)N2c1ccc(C(C)(C)C)cc1. The summed E-state index contributed by atoms with van der Waals surface area (Å²) in [6.07, 6.45) is 9.45. The quantitative estimate of drug-likeness (QED) is 0.162. The summed E-state index contributed by atoms with van der Waals surface area (Å²) in [4.78, 5) is 5.47. The Morgan fingerprint density at radius 3 is 1.65 bits per heavy atom. The number of aryl methyl sites for hydroxylation is 1. The third kappa shape index (κ3) is 7.07. The average molecular weight is 909 g/mol. The minimum atomic E-state index is -0.0262. The fourth-order valence-corrected chi connectivity index (χ4v) is 15.6. The van der Waals surface area contributed by atoms with E-state index in [2.05, 4.69) is 216 Å². The Morgan fingerprint density at radius 2 is 1.03 bits per heavy atom. The molecule has 4 bridgehead atoms. The Balaban J connectivity index is 1.19. The van der Waals surface area contributed by atoms with Gasteiger partial charge in [0, 0.05) is 34.0 Å². The van der Waals surface area contributed by atoms with Crippen LogP contribution in [0.5, 0.6) is 0 Å². The topological polar surface area (TPSA) is 6.48 Å². The molecule has 354 valence electrons. The fourth-order valence-electron chi connectivity index (χ4n) is 15.6. The Morgan fingerprint density at radius 1 is 0.478 bits per heavy atom. The molecule has 0 N–H and O–H groups in total. The highest BCUT2D eigenvalue weighted by Crippen LogP contribution is 2.62. The van der Waals surface area contributed by atoms with Gasteiger partial charge in [-0.15, -0.1) is 0 Å². The zero-order valence-corrected chi connectivity index (χ0v) is 44.5. The van der Waals surface area contributed by atoms with Crippen LogP contribution in [0.2, 0.25) is 0 Å². The van der Waals surface area contributed by atoms with Crippen molar-refractivity contribution in [1.82, 2.24) is 0 Å². The second kappa shape index (κ2) is 14.8. The number of hydrogen-bond donors (Lipinski definition) is 0. The second-order valence-electron chi connectivity index (χ2n) is 27.8. The molecule has 3 heteroatoms. The van der Waals surface area contributed by atoms with E-state index in [9.17, 15) is 0 Å². The third-order valence-electron chi connectivity index (χ3n) is 18.5. The van der Waals surface area contributed by atoms with E-state index in [-0.39, 0.29) is 39.2 Å². The molecular formula is C66H77BN2. The molecule has 0 aromatic heterocycles. The maximum Gasteiger partial charge on any atom is 0.252 e. The Bertz CT molecular complexity index is 3050. The van der Waals surface area contributed by atoms with Crippen molar-refractivity contribution >= 4 is 57.2 Å². The van der Waals surface area contributed by atoms with Crippen molar-refractivity contribution in [2.24, 2.45) is 17.8 Å². The van der Waals surface area contributed by atoms with E-state index < -0.39 is 0 Å². The van der Waals surface area contributed by atoms with Crippen LogP contribution >= 0.6 is 0 Å². The summed E-state index contributed by atoms with van der Waals surface area (Å²) in [7, 11) is 0. The zero-order valence-electron chi connectivity index (χ0n) is 44.5. The summed E-state index contributed by atoms with van der Waals surface area (Å²) in [6.45, 7) is 33.5. The molecule has 0 unspecified atom stereocenters. The van der Waals surface area contributed by atoms with Crippen LogP contribution in [0.4, 0.5) is 34.1 Å². The number of fused-ring (bicyclic) bond motifs is 5. The third-order valence-corrected chi connectivity index (χ3v) is 18.5. The van der Waals surface area contributed by atoms with E-state index >= 15 is 0 Å². The lowest BCUT2D eigenvalue weighted by Gasteiger charge is -2.57. The molecule has 0 amide bonds. The number of nitrogens with zero attached hydrogens (tertiary/aromatic N) is 2. The molecule has 0 spiro atoms. The summed E-state index contributed by atoms with van der Waals surface area (Å²) in [5.41, 5.74) is 25.3. The summed E-state index contributed by atoms with van der Waals surface area (Å²) >= 11 is 0. The van der Waals surface area contributed by atoms with Crippen molar-refractivity contribution < 1.29 is 0 Å². The predicted molar refractivity (Wildman–Crippen MR) is 297 cm³/mol. The van der Waals surface area contributed by atoms with Crippen LogP contribution in [-0.2, 0) is 32.5 Å². The normalized spacial score (nSPS) is 23.7. The number of anilines is 6. The van der Waals surface area contributed by atoms with Gasteiger partial charge < -0.3 is 9.80 Å². The minimum absolute atomic E-state index is 0.0161. The lowest BCUT2D eigenvalue weighted by molar-refractivity contribution is -0.00514. The zero-order chi connectivity index (χ0) is 48.5. The second-order valence-corrected chi connectivity index (χ2v) is 27.8. The van der Waals surface area contributed by atoms with E-state index in [4.69, 9.17) is 0 Å². The van der Waals surface area contributed by atoms with Crippen LogP contribution in [0, 0.1) is 24.7 Å². The van der Waals surface area contributed by atoms with E-state index in [0.29, 0.717) is 0 Å². The molecule has 4 saturated carbocycles. The first-order chi connectivity index (χ1) is 32.4. The Labute approximate surface area is 416 Å². The van der Waals surface area contributed by atoms with Crippen LogP contribution in [-0.4, -0.2) is 6.71 Å². The van der Waals surface area contributed by atoms with E-state index in [1.54, 1.807) is 5.56 Å². The van der Waals surface area contributed by atoms with Crippen molar-refractivity contribution in [2.45, 2.75) is 174 Å². The van der Waals surface area contributed by atoms with E-state index in [1.807, 2.05) is 0 Å². The highest BCUT2D eigenvalue weighted by Gasteiger charge is 2.53. The number of rotatable bonds is 4. The van der Waals surface area contributed by atoms with E-state index in [1.165, 1.54) is 134 Å². The van der Waals surface area contributed by atoms with Crippen LogP contribution in [0.15, 0.2) is 109 Å². The van der Waals surface area contributed by atoms with E-state index in [0.717, 1.165) is 24.2 Å². The van der Waals surface area contributed by atoms with Crippen LogP contribution in [0.3, 0.4) is 0 Å². The van der Waals surface area contributed by atoms with Gasteiger partial charge in [-0.05, 0) is 206 Å². The molecule has 5 aliphatic carbocycles. The van der Waals surface area contributed by atoms with Crippen molar-refractivity contribution in [3.63, 3.8) is 0 Å². The van der Waals surface area contributed by atoms with Crippen molar-refractivity contribution in [3.8, 4) is 11.1 Å². The van der Waals surface area contributed by atoms with Gasteiger partial charge in [0.15, 0.2) is 0 Å².